The molecular weight excluding hydrogens is 321 g/mol. The number of halogens is 3. The first-order valence-corrected chi connectivity index (χ1v) is 6.70. The second-order valence-electron chi connectivity index (χ2n) is 4.04. The molecule has 0 aliphatic carbocycles. The van der Waals surface area contributed by atoms with Crippen LogP contribution in [0.5, 0.6) is 5.75 Å². The Kier molecular flexibility index (Phi) is 4.43. The minimum absolute atomic E-state index is 0.151. The van der Waals surface area contributed by atoms with Gasteiger partial charge >= 0.3 is 0 Å². The number of carbonyl (C=O) groups is 1. The molecule has 0 aliphatic heterocycles. The summed E-state index contributed by atoms with van der Waals surface area (Å²) in [7, 11) is 1.52. The summed E-state index contributed by atoms with van der Waals surface area (Å²) in [4.78, 5) is 12.5. The molecule has 2 aromatic carbocycles. The number of methoxy groups -OCH3 is 1. The Balaban J connectivity index is 2.52. The minimum atomic E-state index is -0.350. The van der Waals surface area contributed by atoms with Crippen molar-refractivity contribution in [3.63, 3.8) is 0 Å². The average Bonchev–Trinajstić information content (AvgIpc) is 2.41. The predicted octanol–water partition coefficient (Wildman–Crippen LogP) is 4.47. The highest BCUT2D eigenvalue weighted by Crippen LogP contribution is 2.32. The van der Waals surface area contributed by atoms with Crippen molar-refractivity contribution in [2.24, 2.45) is 0 Å². The Labute approximate surface area is 131 Å². The lowest BCUT2D eigenvalue weighted by atomic mass is 10.0. The molecule has 0 radical (unpaired) electrons. The fourth-order valence-corrected chi connectivity index (χ4v) is 2.41. The average molecular weight is 331 g/mol. The molecule has 0 aliphatic rings. The fourth-order valence-electron chi connectivity index (χ4n) is 1.73. The maximum absolute atomic E-state index is 12.5. The van der Waals surface area contributed by atoms with Gasteiger partial charge in [0.2, 0.25) is 0 Å². The molecule has 0 amide bonds. The van der Waals surface area contributed by atoms with Crippen LogP contribution in [0.4, 0.5) is 5.69 Å². The van der Waals surface area contributed by atoms with Gasteiger partial charge < -0.3 is 10.5 Å². The topological polar surface area (TPSA) is 52.3 Å². The lowest BCUT2D eigenvalue weighted by Crippen LogP contribution is -2.05. The summed E-state index contributed by atoms with van der Waals surface area (Å²) < 4.78 is 5.03. The number of nitrogens with two attached hydrogens (primary N) is 1. The van der Waals surface area contributed by atoms with Crippen LogP contribution in [0, 0.1) is 0 Å². The molecule has 3 nitrogen and oxygen atoms in total. The summed E-state index contributed by atoms with van der Waals surface area (Å²) in [5.74, 6) is 0.208. The summed E-state index contributed by atoms with van der Waals surface area (Å²) >= 11 is 18.0. The van der Waals surface area contributed by atoms with Crippen LogP contribution in [-0.4, -0.2) is 12.9 Å². The Bertz CT molecular complexity index is 686. The van der Waals surface area contributed by atoms with Gasteiger partial charge in [0.05, 0.1) is 22.2 Å². The van der Waals surface area contributed by atoms with Crippen LogP contribution in [0.25, 0.3) is 0 Å². The fraction of sp³-hybridized carbons (Fsp3) is 0.0714. The standard InChI is InChI=1S/C14H10Cl3NO2/c1-20-8-2-3-9(11(15)6-8)14(19)10-4-7(18)5-12(16)13(10)17/h2-6H,18H2,1H3. The number of anilines is 1. The Hall–Kier alpha value is -1.42. The summed E-state index contributed by atoms with van der Waals surface area (Å²) in [5.41, 5.74) is 6.55. The van der Waals surface area contributed by atoms with Gasteiger partial charge in [-0.1, -0.05) is 34.8 Å². The molecule has 0 fully saturated rings. The van der Waals surface area contributed by atoms with Gasteiger partial charge in [0.15, 0.2) is 5.78 Å². The molecule has 6 heteroatoms. The van der Waals surface area contributed by atoms with Crippen molar-refractivity contribution < 1.29 is 9.53 Å². The van der Waals surface area contributed by atoms with Crippen molar-refractivity contribution in [1.29, 1.82) is 0 Å². The second-order valence-corrected chi connectivity index (χ2v) is 5.23. The highest BCUT2D eigenvalue weighted by atomic mass is 35.5. The molecule has 2 N–H and O–H groups in total. The number of carbonyl (C=O) groups excluding carboxylic acids is 1. The lowest BCUT2D eigenvalue weighted by Gasteiger charge is -2.09. The van der Waals surface area contributed by atoms with E-state index in [0.29, 0.717) is 17.0 Å². The predicted molar refractivity (Wildman–Crippen MR) is 82.3 cm³/mol. The largest absolute Gasteiger partial charge is 0.497 e. The molecule has 104 valence electrons. The molecule has 0 saturated heterocycles. The third kappa shape index (κ3) is 2.85. The monoisotopic (exact) mass is 329 g/mol. The van der Waals surface area contributed by atoms with E-state index < -0.39 is 0 Å². The van der Waals surface area contributed by atoms with Gasteiger partial charge in [-0.2, -0.15) is 0 Å². The highest BCUT2D eigenvalue weighted by molar-refractivity contribution is 6.45. The molecule has 0 heterocycles. The zero-order valence-corrected chi connectivity index (χ0v) is 12.7. The van der Waals surface area contributed by atoms with E-state index in [2.05, 4.69) is 0 Å². The number of ether oxygens (including phenoxy) is 1. The molecule has 2 aromatic rings. The Morgan fingerprint density at radius 1 is 1.05 bits per heavy atom. The SMILES string of the molecule is COc1ccc(C(=O)c2cc(N)cc(Cl)c2Cl)c(Cl)c1. The van der Waals surface area contributed by atoms with Crippen LogP contribution in [-0.2, 0) is 0 Å². The Morgan fingerprint density at radius 3 is 2.35 bits per heavy atom. The first-order chi connectivity index (χ1) is 9.43. The van der Waals surface area contributed by atoms with Crippen LogP contribution < -0.4 is 10.5 Å². The maximum atomic E-state index is 12.5. The van der Waals surface area contributed by atoms with Gasteiger partial charge in [-0.3, -0.25) is 4.79 Å². The number of hydrogen-bond acceptors (Lipinski definition) is 3. The van der Waals surface area contributed by atoms with Crippen LogP contribution in [0.2, 0.25) is 15.1 Å². The van der Waals surface area contributed by atoms with Crippen molar-refractivity contribution in [3.05, 3.63) is 56.5 Å². The van der Waals surface area contributed by atoms with Crippen molar-refractivity contribution >= 4 is 46.3 Å². The van der Waals surface area contributed by atoms with Crippen LogP contribution in [0.15, 0.2) is 30.3 Å². The molecule has 20 heavy (non-hydrogen) atoms. The molecule has 0 atom stereocenters. The van der Waals surface area contributed by atoms with E-state index >= 15 is 0 Å². The van der Waals surface area contributed by atoms with Gasteiger partial charge in [0, 0.05) is 16.8 Å². The quantitative estimate of drug-likeness (QED) is 0.667. The number of ketones is 1. The van der Waals surface area contributed by atoms with E-state index in [1.165, 1.54) is 19.2 Å². The number of benzene rings is 2. The van der Waals surface area contributed by atoms with E-state index in [4.69, 9.17) is 45.3 Å². The molecule has 0 aromatic heterocycles. The van der Waals surface area contributed by atoms with E-state index in [1.54, 1.807) is 18.2 Å². The second kappa shape index (κ2) is 5.92. The highest BCUT2D eigenvalue weighted by Gasteiger charge is 2.18. The van der Waals surface area contributed by atoms with E-state index in [1.807, 2.05) is 0 Å². The van der Waals surface area contributed by atoms with Gasteiger partial charge in [0.25, 0.3) is 0 Å². The molecular formula is C14H10Cl3NO2. The van der Waals surface area contributed by atoms with Gasteiger partial charge in [-0.05, 0) is 30.3 Å². The molecule has 0 spiro atoms. The first kappa shape index (κ1) is 15.0. The summed E-state index contributed by atoms with van der Waals surface area (Å²) in [5, 5.41) is 0.640. The summed E-state index contributed by atoms with van der Waals surface area (Å²) in [6, 6.07) is 7.71. The molecule has 0 saturated carbocycles. The van der Waals surface area contributed by atoms with E-state index in [9.17, 15) is 4.79 Å². The molecule has 0 bridgehead atoms. The number of rotatable bonds is 3. The van der Waals surface area contributed by atoms with Gasteiger partial charge in [-0.15, -0.1) is 0 Å². The smallest absolute Gasteiger partial charge is 0.196 e. The van der Waals surface area contributed by atoms with Gasteiger partial charge in [0.1, 0.15) is 5.75 Å². The molecule has 2 rings (SSSR count). The zero-order chi connectivity index (χ0) is 14.9. The maximum Gasteiger partial charge on any atom is 0.196 e. The number of nitrogen functional groups attached to an aromatic ring is 1. The third-order valence-corrected chi connectivity index (χ3v) is 3.83. The normalized spacial score (nSPS) is 10.4. The van der Waals surface area contributed by atoms with E-state index in [-0.39, 0.29) is 26.4 Å². The van der Waals surface area contributed by atoms with Crippen LogP contribution in [0.3, 0.4) is 0 Å². The van der Waals surface area contributed by atoms with Crippen LogP contribution >= 0.6 is 34.8 Å². The van der Waals surface area contributed by atoms with Crippen molar-refractivity contribution in [2.45, 2.75) is 0 Å². The van der Waals surface area contributed by atoms with Crippen molar-refractivity contribution in [3.8, 4) is 5.75 Å². The first-order valence-electron chi connectivity index (χ1n) is 5.56. The number of hydrogen-bond donors (Lipinski definition) is 1. The molecule has 0 unspecified atom stereocenters. The lowest BCUT2D eigenvalue weighted by molar-refractivity contribution is 0.103. The Morgan fingerprint density at radius 2 is 1.75 bits per heavy atom. The minimum Gasteiger partial charge on any atom is -0.497 e. The summed E-state index contributed by atoms with van der Waals surface area (Å²) in [6.07, 6.45) is 0. The summed E-state index contributed by atoms with van der Waals surface area (Å²) in [6.45, 7) is 0. The van der Waals surface area contributed by atoms with Crippen molar-refractivity contribution in [1.82, 2.24) is 0 Å². The van der Waals surface area contributed by atoms with E-state index in [0.717, 1.165) is 0 Å². The van der Waals surface area contributed by atoms with Gasteiger partial charge in [-0.25, -0.2) is 0 Å². The van der Waals surface area contributed by atoms with Crippen molar-refractivity contribution in [2.75, 3.05) is 12.8 Å². The van der Waals surface area contributed by atoms with Crippen LogP contribution in [0.1, 0.15) is 15.9 Å². The zero-order valence-electron chi connectivity index (χ0n) is 10.4. The third-order valence-electron chi connectivity index (χ3n) is 2.72.